The van der Waals surface area contributed by atoms with Crippen LogP contribution in [0.5, 0.6) is 0 Å². The van der Waals surface area contributed by atoms with E-state index in [1.54, 1.807) is 24.3 Å². The molecule has 0 aliphatic rings. The van der Waals surface area contributed by atoms with Gasteiger partial charge in [0.05, 0.1) is 20.1 Å². The predicted molar refractivity (Wildman–Crippen MR) is 99.4 cm³/mol. The Balaban J connectivity index is 1.72. The van der Waals surface area contributed by atoms with E-state index in [0.717, 1.165) is 11.4 Å². The summed E-state index contributed by atoms with van der Waals surface area (Å²) in [7, 11) is 0. The molecule has 23 heavy (non-hydrogen) atoms. The minimum Gasteiger partial charge on any atom is -0.330 e. The second kappa shape index (κ2) is 7.11. The highest BCUT2D eigenvalue weighted by Gasteiger charge is 2.07. The predicted octanol–water partition coefficient (Wildman–Crippen LogP) is 6.64. The molecule has 0 radical (unpaired) electrons. The first kappa shape index (κ1) is 16.6. The van der Waals surface area contributed by atoms with E-state index in [-0.39, 0.29) is 0 Å². The number of nitrogens with zero attached hydrogens (tertiary/aromatic N) is 2. The molecule has 2 N–H and O–H groups in total. The number of hydrogen-bond acceptors (Lipinski definition) is 5. The van der Waals surface area contributed by atoms with Gasteiger partial charge < -0.3 is 10.6 Å². The Morgan fingerprint density at radius 2 is 1.09 bits per heavy atom. The lowest BCUT2D eigenvalue weighted by atomic mass is 10.3. The number of benzene rings is 2. The summed E-state index contributed by atoms with van der Waals surface area (Å²) in [6, 6.07) is 10.5. The third-order valence-corrected chi connectivity index (χ3v) is 5.00. The minimum absolute atomic E-state index is 0.468. The summed E-state index contributed by atoms with van der Waals surface area (Å²) in [4.78, 5) is 0. The van der Waals surface area contributed by atoms with Crippen molar-refractivity contribution in [3.8, 4) is 0 Å². The molecule has 2 aromatic carbocycles. The Morgan fingerprint density at radius 1 is 0.652 bits per heavy atom. The van der Waals surface area contributed by atoms with Crippen LogP contribution < -0.4 is 10.6 Å². The zero-order valence-electron chi connectivity index (χ0n) is 11.3. The standard InChI is InChI=1S/C14H8Cl4N4S/c15-9-3-1-7(5-11(9)17)19-13-21-22-14(23-13)20-8-2-4-10(16)12(18)6-8/h1-6H,(H,19,21)(H,20,22). The van der Waals surface area contributed by atoms with E-state index in [9.17, 15) is 0 Å². The average Bonchev–Trinajstić information content (AvgIpc) is 2.94. The van der Waals surface area contributed by atoms with Gasteiger partial charge in [-0.15, -0.1) is 10.2 Å². The minimum atomic E-state index is 0.468. The van der Waals surface area contributed by atoms with E-state index >= 15 is 0 Å². The lowest BCUT2D eigenvalue weighted by molar-refractivity contribution is 1.09. The molecule has 0 atom stereocenters. The van der Waals surface area contributed by atoms with E-state index < -0.39 is 0 Å². The molecule has 3 aromatic rings. The van der Waals surface area contributed by atoms with Gasteiger partial charge in [0.25, 0.3) is 0 Å². The van der Waals surface area contributed by atoms with Gasteiger partial charge in [-0.3, -0.25) is 0 Å². The highest BCUT2D eigenvalue weighted by atomic mass is 35.5. The van der Waals surface area contributed by atoms with E-state index in [1.165, 1.54) is 11.3 Å². The zero-order valence-corrected chi connectivity index (χ0v) is 15.1. The van der Waals surface area contributed by atoms with Crippen molar-refractivity contribution in [2.45, 2.75) is 0 Å². The maximum absolute atomic E-state index is 5.98. The Morgan fingerprint density at radius 3 is 1.48 bits per heavy atom. The molecular formula is C14H8Cl4N4S. The van der Waals surface area contributed by atoms with E-state index in [2.05, 4.69) is 20.8 Å². The number of anilines is 4. The fraction of sp³-hybridized carbons (Fsp3) is 0. The summed E-state index contributed by atoms with van der Waals surface area (Å²) in [5.41, 5.74) is 1.55. The van der Waals surface area contributed by atoms with Gasteiger partial charge in [0.1, 0.15) is 0 Å². The Hall–Kier alpha value is -1.24. The first-order valence-corrected chi connectivity index (χ1v) is 8.62. The summed E-state index contributed by atoms with van der Waals surface area (Å²) in [5.74, 6) is 0. The van der Waals surface area contributed by atoms with Crippen molar-refractivity contribution in [3.05, 3.63) is 56.5 Å². The molecule has 0 saturated heterocycles. The lowest BCUT2D eigenvalue weighted by Gasteiger charge is -2.04. The highest BCUT2D eigenvalue weighted by Crippen LogP contribution is 2.31. The van der Waals surface area contributed by atoms with Gasteiger partial charge >= 0.3 is 0 Å². The molecule has 0 aliphatic heterocycles. The number of aromatic nitrogens is 2. The molecule has 0 bridgehead atoms. The van der Waals surface area contributed by atoms with Crippen molar-refractivity contribution < 1.29 is 0 Å². The quantitative estimate of drug-likeness (QED) is 0.510. The molecule has 3 rings (SSSR count). The van der Waals surface area contributed by atoms with Crippen LogP contribution in [-0.4, -0.2) is 10.2 Å². The van der Waals surface area contributed by atoms with Crippen molar-refractivity contribution >= 4 is 79.4 Å². The van der Waals surface area contributed by atoms with Crippen molar-refractivity contribution in [2.24, 2.45) is 0 Å². The normalized spacial score (nSPS) is 10.6. The van der Waals surface area contributed by atoms with E-state index in [1.807, 2.05) is 12.1 Å². The fourth-order valence-electron chi connectivity index (χ4n) is 1.72. The molecule has 0 amide bonds. The van der Waals surface area contributed by atoms with Crippen LogP contribution in [-0.2, 0) is 0 Å². The average molecular weight is 406 g/mol. The monoisotopic (exact) mass is 404 g/mol. The molecule has 0 fully saturated rings. The van der Waals surface area contributed by atoms with E-state index in [4.69, 9.17) is 46.4 Å². The number of rotatable bonds is 4. The topological polar surface area (TPSA) is 49.8 Å². The van der Waals surface area contributed by atoms with Crippen LogP contribution >= 0.6 is 57.7 Å². The molecule has 0 spiro atoms. The van der Waals surface area contributed by atoms with Crippen LogP contribution in [0.3, 0.4) is 0 Å². The molecule has 0 aliphatic carbocycles. The summed E-state index contributed by atoms with van der Waals surface area (Å²) in [6.45, 7) is 0. The van der Waals surface area contributed by atoms with Gasteiger partial charge in [-0.1, -0.05) is 57.7 Å². The smallest absolute Gasteiger partial charge is 0.211 e. The summed E-state index contributed by atoms with van der Waals surface area (Å²) in [6.07, 6.45) is 0. The van der Waals surface area contributed by atoms with Gasteiger partial charge in [-0.25, -0.2) is 0 Å². The Bertz CT molecular complexity index is 785. The van der Waals surface area contributed by atoms with Crippen molar-refractivity contribution in [2.75, 3.05) is 10.6 Å². The zero-order chi connectivity index (χ0) is 16.4. The number of nitrogens with one attached hydrogen (secondary N) is 2. The lowest BCUT2D eigenvalue weighted by Crippen LogP contribution is -1.89. The number of halogens is 4. The molecular weight excluding hydrogens is 398 g/mol. The molecule has 9 heteroatoms. The molecule has 118 valence electrons. The Labute approximate surface area is 156 Å². The molecule has 0 unspecified atom stereocenters. The third kappa shape index (κ3) is 4.19. The van der Waals surface area contributed by atoms with Crippen LogP contribution in [0.2, 0.25) is 20.1 Å². The third-order valence-electron chi connectivity index (χ3n) is 2.77. The molecule has 1 heterocycles. The second-order valence-electron chi connectivity index (χ2n) is 4.42. The van der Waals surface area contributed by atoms with Crippen LogP contribution in [0.4, 0.5) is 21.6 Å². The first-order chi connectivity index (χ1) is 11.0. The van der Waals surface area contributed by atoms with Crippen LogP contribution in [0.1, 0.15) is 0 Å². The molecule has 1 aromatic heterocycles. The summed E-state index contributed by atoms with van der Waals surface area (Å²) >= 11 is 25.1. The van der Waals surface area contributed by atoms with Gasteiger partial charge in [-0.05, 0) is 36.4 Å². The van der Waals surface area contributed by atoms with Crippen LogP contribution in [0.25, 0.3) is 0 Å². The number of hydrogen-bond donors (Lipinski definition) is 2. The van der Waals surface area contributed by atoms with Gasteiger partial charge in [-0.2, -0.15) is 0 Å². The maximum atomic E-state index is 5.98. The molecule has 4 nitrogen and oxygen atoms in total. The van der Waals surface area contributed by atoms with Crippen LogP contribution in [0, 0.1) is 0 Å². The van der Waals surface area contributed by atoms with Crippen molar-refractivity contribution in [1.29, 1.82) is 0 Å². The van der Waals surface area contributed by atoms with Gasteiger partial charge in [0, 0.05) is 11.4 Å². The highest BCUT2D eigenvalue weighted by molar-refractivity contribution is 7.19. The van der Waals surface area contributed by atoms with Crippen molar-refractivity contribution in [1.82, 2.24) is 10.2 Å². The fourth-order valence-corrected chi connectivity index (χ4v) is 3.00. The van der Waals surface area contributed by atoms with Gasteiger partial charge in [0.15, 0.2) is 0 Å². The summed E-state index contributed by atoms with van der Waals surface area (Å²) in [5, 5.41) is 17.5. The first-order valence-electron chi connectivity index (χ1n) is 6.29. The maximum Gasteiger partial charge on any atom is 0.211 e. The Kier molecular flexibility index (Phi) is 5.14. The molecule has 0 saturated carbocycles. The van der Waals surface area contributed by atoms with Crippen molar-refractivity contribution in [3.63, 3.8) is 0 Å². The summed E-state index contributed by atoms with van der Waals surface area (Å²) < 4.78 is 0. The van der Waals surface area contributed by atoms with E-state index in [0.29, 0.717) is 30.4 Å². The SMILES string of the molecule is Clc1ccc(Nc2nnc(Nc3ccc(Cl)c(Cl)c3)s2)cc1Cl. The van der Waals surface area contributed by atoms with Gasteiger partial charge in [0.2, 0.25) is 10.3 Å². The largest absolute Gasteiger partial charge is 0.330 e. The van der Waals surface area contributed by atoms with Crippen LogP contribution in [0.15, 0.2) is 36.4 Å². The second-order valence-corrected chi connectivity index (χ2v) is 7.03.